The molecular weight excluding hydrogens is 337 g/mol. The molecule has 2 aromatic carbocycles. The van der Waals surface area contributed by atoms with Crippen molar-refractivity contribution in [2.75, 3.05) is 19.0 Å². The van der Waals surface area contributed by atoms with Crippen LogP contribution in [-0.4, -0.2) is 19.6 Å². The van der Waals surface area contributed by atoms with Gasteiger partial charge >= 0.3 is 0 Å². The van der Waals surface area contributed by atoms with Gasteiger partial charge in [0.15, 0.2) is 11.5 Å². The van der Waals surface area contributed by atoms with Crippen molar-refractivity contribution in [3.8, 4) is 11.5 Å². The number of halogens is 2. The van der Waals surface area contributed by atoms with Gasteiger partial charge in [0.05, 0.1) is 29.4 Å². The van der Waals surface area contributed by atoms with Gasteiger partial charge in [0, 0.05) is 5.56 Å². The highest BCUT2D eigenvalue weighted by Gasteiger charge is 2.16. The van der Waals surface area contributed by atoms with Crippen molar-refractivity contribution in [2.45, 2.75) is 13.3 Å². The highest BCUT2D eigenvalue weighted by molar-refractivity contribution is 6.34. The summed E-state index contributed by atoms with van der Waals surface area (Å²) in [5.41, 5.74) is 0.885. The Morgan fingerprint density at radius 1 is 1.17 bits per heavy atom. The maximum Gasteiger partial charge on any atom is 0.255 e. The Morgan fingerprint density at radius 3 is 2.57 bits per heavy atom. The van der Waals surface area contributed by atoms with Gasteiger partial charge in [0.2, 0.25) is 0 Å². The first-order valence-electron chi connectivity index (χ1n) is 7.13. The highest BCUT2D eigenvalue weighted by atomic mass is 35.5. The molecule has 0 aliphatic heterocycles. The average molecular weight is 354 g/mol. The number of amides is 1. The third-order valence-electron chi connectivity index (χ3n) is 3.06. The summed E-state index contributed by atoms with van der Waals surface area (Å²) in [5.74, 6) is 0.515. The van der Waals surface area contributed by atoms with Gasteiger partial charge in [-0.15, -0.1) is 0 Å². The fourth-order valence-electron chi connectivity index (χ4n) is 1.95. The first kappa shape index (κ1) is 17.4. The van der Waals surface area contributed by atoms with Crippen molar-refractivity contribution >= 4 is 34.8 Å². The van der Waals surface area contributed by atoms with E-state index in [0.29, 0.717) is 39.4 Å². The van der Waals surface area contributed by atoms with E-state index >= 15 is 0 Å². The number of para-hydroxylation sites is 1. The van der Waals surface area contributed by atoms with Crippen LogP contribution in [0.4, 0.5) is 5.69 Å². The SMILES string of the molecule is CCCOc1c(Cl)cc(C(=O)Nc2ccccc2Cl)cc1OC. The van der Waals surface area contributed by atoms with Crippen molar-refractivity contribution in [1.82, 2.24) is 0 Å². The number of carbonyl (C=O) groups is 1. The number of anilines is 1. The molecule has 2 aromatic rings. The molecule has 23 heavy (non-hydrogen) atoms. The Labute approximate surface area is 145 Å². The largest absolute Gasteiger partial charge is 0.493 e. The lowest BCUT2D eigenvalue weighted by molar-refractivity contribution is 0.102. The van der Waals surface area contributed by atoms with Crippen molar-refractivity contribution in [2.24, 2.45) is 0 Å². The van der Waals surface area contributed by atoms with Gasteiger partial charge in [-0.2, -0.15) is 0 Å². The van der Waals surface area contributed by atoms with Crippen molar-refractivity contribution in [1.29, 1.82) is 0 Å². The molecule has 0 atom stereocenters. The van der Waals surface area contributed by atoms with Crippen molar-refractivity contribution < 1.29 is 14.3 Å². The van der Waals surface area contributed by atoms with Crippen LogP contribution in [0.3, 0.4) is 0 Å². The third-order valence-corrected chi connectivity index (χ3v) is 3.67. The average Bonchev–Trinajstić information content (AvgIpc) is 2.55. The normalized spacial score (nSPS) is 10.3. The topological polar surface area (TPSA) is 47.6 Å². The summed E-state index contributed by atoms with van der Waals surface area (Å²) in [6.07, 6.45) is 0.841. The summed E-state index contributed by atoms with van der Waals surface area (Å²) in [7, 11) is 1.50. The summed E-state index contributed by atoms with van der Waals surface area (Å²) < 4.78 is 10.8. The smallest absolute Gasteiger partial charge is 0.255 e. The van der Waals surface area contributed by atoms with Gasteiger partial charge in [-0.1, -0.05) is 42.3 Å². The predicted molar refractivity (Wildman–Crippen MR) is 93.2 cm³/mol. The van der Waals surface area contributed by atoms with Crippen LogP contribution in [0, 0.1) is 0 Å². The summed E-state index contributed by atoms with van der Waals surface area (Å²) in [4.78, 5) is 12.4. The molecule has 0 aromatic heterocycles. The lowest BCUT2D eigenvalue weighted by Crippen LogP contribution is -2.12. The van der Waals surface area contributed by atoms with E-state index in [1.54, 1.807) is 36.4 Å². The van der Waals surface area contributed by atoms with Crippen LogP contribution in [-0.2, 0) is 0 Å². The number of rotatable bonds is 6. The molecule has 0 saturated carbocycles. The Balaban J connectivity index is 2.27. The molecule has 1 amide bonds. The molecular formula is C17H17Cl2NO3. The first-order valence-corrected chi connectivity index (χ1v) is 7.88. The number of methoxy groups -OCH3 is 1. The number of ether oxygens (including phenoxy) is 2. The molecule has 2 rings (SSSR count). The van der Waals surface area contributed by atoms with Crippen LogP contribution in [0.1, 0.15) is 23.7 Å². The lowest BCUT2D eigenvalue weighted by atomic mass is 10.1. The molecule has 122 valence electrons. The minimum absolute atomic E-state index is 0.321. The van der Waals surface area contributed by atoms with E-state index in [-0.39, 0.29) is 5.91 Å². The zero-order chi connectivity index (χ0) is 16.8. The van der Waals surface area contributed by atoms with E-state index in [1.807, 2.05) is 6.92 Å². The monoisotopic (exact) mass is 353 g/mol. The number of hydrogen-bond donors (Lipinski definition) is 1. The Hall–Kier alpha value is -1.91. The zero-order valence-electron chi connectivity index (χ0n) is 12.9. The standard InChI is InChI=1S/C17H17Cl2NO3/c1-3-8-23-16-13(19)9-11(10-15(16)22-2)17(21)20-14-7-5-4-6-12(14)18/h4-7,9-10H,3,8H2,1-2H3,(H,20,21). The van der Waals surface area contributed by atoms with Gasteiger partial charge in [0.1, 0.15) is 0 Å². The van der Waals surface area contributed by atoms with E-state index < -0.39 is 0 Å². The summed E-state index contributed by atoms with van der Waals surface area (Å²) in [5, 5.41) is 3.52. The Bertz CT molecular complexity index is 704. The fraction of sp³-hybridized carbons (Fsp3) is 0.235. The van der Waals surface area contributed by atoms with Gasteiger partial charge in [-0.05, 0) is 30.7 Å². The molecule has 0 bridgehead atoms. The molecule has 0 spiro atoms. The molecule has 1 N–H and O–H groups in total. The first-order chi connectivity index (χ1) is 11.1. The van der Waals surface area contributed by atoms with Crippen LogP contribution >= 0.6 is 23.2 Å². The molecule has 0 unspecified atom stereocenters. The van der Waals surface area contributed by atoms with Crippen LogP contribution < -0.4 is 14.8 Å². The second-order valence-corrected chi connectivity index (χ2v) is 5.59. The number of nitrogens with one attached hydrogen (secondary N) is 1. The van der Waals surface area contributed by atoms with E-state index in [9.17, 15) is 4.79 Å². The highest BCUT2D eigenvalue weighted by Crippen LogP contribution is 2.36. The van der Waals surface area contributed by atoms with Crippen molar-refractivity contribution in [3.05, 3.63) is 52.0 Å². The summed E-state index contributed by atoms with van der Waals surface area (Å²) in [6, 6.07) is 10.1. The van der Waals surface area contributed by atoms with E-state index in [0.717, 1.165) is 6.42 Å². The number of hydrogen-bond acceptors (Lipinski definition) is 3. The van der Waals surface area contributed by atoms with Crippen molar-refractivity contribution in [3.63, 3.8) is 0 Å². The molecule has 6 heteroatoms. The maximum atomic E-state index is 12.4. The lowest BCUT2D eigenvalue weighted by Gasteiger charge is -2.14. The van der Waals surface area contributed by atoms with E-state index in [2.05, 4.69) is 5.32 Å². The third kappa shape index (κ3) is 4.30. The van der Waals surface area contributed by atoms with Crippen LogP contribution in [0.15, 0.2) is 36.4 Å². The fourth-order valence-corrected chi connectivity index (χ4v) is 2.40. The molecule has 0 saturated heterocycles. The van der Waals surface area contributed by atoms with Gasteiger partial charge in [-0.25, -0.2) is 0 Å². The summed E-state index contributed by atoms with van der Waals surface area (Å²) in [6.45, 7) is 2.51. The number of carbonyl (C=O) groups excluding carboxylic acids is 1. The van der Waals surface area contributed by atoms with Crippen LogP contribution in [0.2, 0.25) is 10.0 Å². The quantitative estimate of drug-likeness (QED) is 0.790. The molecule has 0 radical (unpaired) electrons. The molecule has 0 heterocycles. The second kappa shape index (κ2) is 8.09. The predicted octanol–water partition coefficient (Wildman–Crippen LogP) is 5.04. The van der Waals surface area contributed by atoms with Gasteiger partial charge in [0.25, 0.3) is 5.91 Å². The zero-order valence-corrected chi connectivity index (χ0v) is 14.4. The van der Waals surface area contributed by atoms with E-state index in [1.165, 1.54) is 7.11 Å². The number of benzene rings is 2. The minimum Gasteiger partial charge on any atom is -0.493 e. The summed E-state index contributed by atoms with van der Waals surface area (Å²) >= 11 is 12.3. The second-order valence-electron chi connectivity index (χ2n) is 4.77. The molecule has 0 fully saturated rings. The van der Waals surface area contributed by atoms with Gasteiger partial charge < -0.3 is 14.8 Å². The minimum atomic E-state index is -0.333. The van der Waals surface area contributed by atoms with Crippen LogP contribution in [0.25, 0.3) is 0 Å². The molecule has 0 aliphatic rings. The van der Waals surface area contributed by atoms with Gasteiger partial charge in [-0.3, -0.25) is 4.79 Å². The Kier molecular flexibility index (Phi) is 6.13. The van der Waals surface area contributed by atoms with E-state index in [4.69, 9.17) is 32.7 Å². The maximum absolute atomic E-state index is 12.4. The van der Waals surface area contributed by atoms with Crippen LogP contribution in [0.5, 0.6) is 11.5 Å². The molecule has 0 aliphatic carbocycles. The molecule has 4 nitrogen and oxygen atoms in total. The Morgan fingerprint density at radius 2 is 1.91 bits per heavy atom.